The Bertz CT molecular complexity index is 257. The van der Waals surface area contributed by atoms with Gasteiger partial charge in [-0.05, 0) is 6.92 Å². The molecule has 2 rings (SSSR count). The van der Waals surface area contributed by atoms with Crippen molar-refractivity contribution in [1.29, 1.82) is 0 Å². The Hall–Kier alpha value is -0.340. The average Bonchev–Trinajstić information content (AvgIpc) is 2.46. The van der Waals surface area contributed by atoms with E-state index in [1.165, 1.54) is 0 Å². The lowest BCUT2D eigenvalue weighted by Crippen LogP contribution is -2.51. The largest absolute Gasteiger partial charge is 0.364 e. The molecule has 2 aliphatic rings. The second-order valence-electron chi connectivity index (χ2n) is 3.63. The fourth-order valence-electron chi connectivity index (χ4n) is 1.80. The van der Waals surface area contributed by atoms with Crippen LogP contribution in [0.15, 0.2) is 12.2 Å². The van der Waals surface area contributed by atoms with Crippen LogP contribution in [0.4, 0.5) is 0 Å². The maximum atomic E-state index is 11.7. The number of carbonyl (C=O) groups excluding carboxylic acids is 1. The normalized spacial score (nSPS) is 51.6. The zero-order chi connectivity index (χ0) is 8.93. The lowest BCUT2D eigenvalue weighted by molar-refractivity contribution is -0.140. The predicted octanol–water partition coefficient (Wildman–Crippen LogP) is 1.53. The van der Waals surface area contributed by atoms with Gasteiger partial charge in [-0.2, -0.15) is 0 Å². The summed E-state index contributed by atoms with van der Waals surface area (Å²) in [6.07, 6.45) is 3.54. The fraction of sp³-hybridized carbons (Fsp3) is 0.667. The summed E-state index contributed by atoms with van der Waals surface area (Å²) in [4.78, 5) is 10.8. The minimum absolute atomic E-state index is 0.0469. The molecule has 66 valence electrons. The molecule has 12 heavy (non-hydrogen) atoms. The summed E-state index contributed by atoms with van der Waals surface area (Å²) in [5.41, 5.74) is 0. The summed E-state index contributed by atoms with van der Waals surface area (Å²) in [5, 5.41) is 0. The molecule has 3 heteroatoms. The molecule has 2 heterocycles. The van der Waals surface area contributed by atoms with Crippen molar-refractivity contribution in [2.75, 3.05) is 0 Å². The number of halogens is 1. The van der Waals surface area contributed by atoms with Crippen molar-refractivity contribution in [1.82, 2.24) is 0 Å². The highest BCUT2D eigenvalue weighted by atomic mass is 35.5. The lowest BCUT2D eigenvalue weighted by atomic mass is 9.87. The number of carbonyl (C=O) groups is 1. The van der Waals surface area contributed by atoms with Crippen LogP contribution in [0.2, 0.25) is 0 Å². The molecule has 2 bridgehead atoms. The Morgan fingerprint density at radius 2 is 2.25 bits per heavy atom. The van der Waals surface area contributed by atoms with Crippen LogP contribution in [0, 0.1) is 5.92 Å². The van der Waals surface area contributed by atoms with Crippen molar-refractivity contribution in [3.63, 3.8) is 0 Å². The summed E-state index contributed by atoms with van der Waals surface area (Å²) in [5.74, 6) is -0.0158. The van der Waals surface area contributed by atoms with E-state index < -0.39 is 4.87 Å². The number of fused-ring (bicyclic) bond motifs is 2. The zero-order valence-corrected chi connectivity index (χ0v) is 7.84. The van der Waals surface area contributed by atoms with E-state index in [-0.39, 0.29) is 23.9 Å². The summed E-state index contributed by atoms with van der Waals surface area (Å²) < 4.78 is 5.53. The Labute approximate surface area is 76.5 Å². The number of alkyl halides is 1. The number of ether oxygens (including phenoxy) is 1. The van der Waals surface area contributed by atoms with Gasteiger partial charge in [0, 0.05) is 5.92 Å². The molecule has 0 unspecified atom stereocenters. The third-order valence-corrected chi connectivity index (χ3v) is 3.10. The number of Topliss-reactive ketones (excluding diaryl/α,β-unsaturated/α-hetero) is 1. The van der Waals surface area contributed by atoms with E-state index in [1.54, 1.807) is 6.92 Å². The van der Waals surface area contributed by atoms with Crippen LogP contribution >= 0.6 is 11.6 Å². The van der Waals surface area contributed by atoms with Gasteiger partial charge in [0.25, 0.3) is 0 Å². The highest BCUT2D eigenvalue weighted by Gasteiger charge is 2.51. The van der Waals surface area contributed by atoms with Gasteiger partial charge in [0.1, 0.15) is 11.0 Å². The van der Waals surface area contributed by atoms with Crippen molar-refractivity contribution in [2.24, 2.45) is 5.92 Å². The second kappa shape index (κ2) is 2.33. The van der Waals surface area contributed by atoms with Crippen LogP contribution in [0.25, 0.3) is 0 Å². The van der Waals surface area contributed by atoms with Crippen molar-refractivity contribution in [3.05, 3.63) is 12.2 Å². The molecule has 4 atom stereocenters. The first-order valence-corrected chi connectivity index (χ1v) is 4.48. The van der Waals surface area contributed by atoms with Gasteiger partial charge in [-0.3, -0.25) is 4.79 Å². The van der Waals surface area contributed by atoms with E-state index in [0.717, 1.165) is 0 Å². The van der Waals surface area contributed by atoms with Crippen molar-refractivity contribution >= 4 is 17.4 Å². The molecule has 2 nitrogen and oxygen atoms in total. The van der Waals surface area contributed by atoms with Crippen LogP contribution in [-0.2, 0) is 9.53 Å². The van der Waals surface area contributed by atoms with Crippen LogP contribution in [0.3, 0.4) is 0 Å². The topological polar surface area (TPSA) is 26.3 Å². The first kappa shape index (κ1) is 8.27. The Balaban J connectivity index is 2.38. The SMILES string of the molecule is C[C@@H]1C(=O)[C@](C)(Cl)[C@@H]2C=C[C@H]1O2. The first-order chi connectivity index (χ1) is 5.53. The van der Waals surface area contributed by atoms with Gasteiger partial charge >= 0.3 is 0 Å². The molecule has 0 aromatic carbocycles. The van der Waals surface area contributed by atoms with Gasteiger partial charge in [-0.15, -0.1) is 11.6 Å². The van der Waals surface area contributed by atoms with Crippen LogP contribution in [-0.4, -0.2) is 22.9 Å². The minimum atomic E-state index is -0.858. The first-order valence-electron chi connectivity index (χ1n) is 4.10. The summed E-state index contributed by atoms with van der Waals surface area (Å²) in [7, 11) is 0. The second-order valence-corrected chi connectivity index (χ2v) is 4.42. The van der Waals surface area contributed by atoms with Gasteiger partial charge in [0.2, 0.25) is 0 Å². The zero-order valence-electron chi connectivity index (χ0n) is 7.08. The van der Waals surface area contributed by atoms with Gasteiger partial charge in [-0.25, -0.2) is 0 Å². The number of hydrogen-bond donors (Lipinski definition) is 0. The number of ketones is 1. The summed E-state index contributed by atoms with van der Waals surface area (Å²) >= 11 is 6.08. The van der Waals surface area contributed by atoms with Gasteiger partial charge in [0.15, 0.2) is 5.78 Å². The number of hydrogen-bond acceptors (Lipinski definition) is 2. The van der Waals surface area contributed by atoms with Gasteiger partial charge in [-0.1, -0.05) is 19.1 Å². The smallest absolute Gasteiger partial charge is 0.162 e. The molecule has 1 fully saturated rings. The quantitative estimate of drug-likeness (QED) is 0.424. The minimum Gasteiger partial charge on any atom is -0.364 e. The van der Waals surface area contributed by atoms with E-state index in [2.05, 4.69) is 0 Å². The molecular weight excluding hydrogens is 176 g/mol. The van der Waals surface area contributed by atoms with Gasteiger partial charge < -0.3 is 4.74 Å². The molecule has 0 radical (unpaired) electrons. The van der Waals surface area contributed by atoms with E-state index in [1.807, 2.05) is 19.1 Å². The fourth-order valence-corrected chi connectivity index (χ4v) is 2.09. The molecule has 0 aliphatic carbocycles. The molecule has 0 amide bonds. The summed E-state index contributed by atoms with van der Waals surface area (Å²) in [6.45, 7) is 3.59. The Morgan fingerprint density at radius 1 is 1.58 bits per heavy atom. The predicted molar refractivity (Wildman–Crippen MR) is 46.2 cm³/mol. The monoisotopic (exact) mass is 186 g/mol. The Morgan fingerprint density at radius 3 is 2.92 bits per heavy atom. The molecule has 0 spiro atoms. The third kappa shape index (κ3) is 0.882. The van der Waals surface area contributed by atoms with E-state index in [0.29, 0.717) is 0 Å². The maximum Gasteiger partial charge on any atom is 0.162 e. The highest BCUT2D eigenvalue weighted by Crippen LogP contribution is 2.39. The molecule has 0 N–H and O–H groups in total. The summed E-state index contributed by atoms with van der Waals surface area (Å²) in [6, 6.07) is 0. The van der Waals surface area contributed by atoms with Crippen LogP contribution in [0.1, 0.15) is 13.8 Å². The van der Waals surface area contributed by atoms with Gasteiger partial charge in [0.05, 0.1) is 6.10 Å². The highest BCUT2D eigenvalue weighted by molar-refractivity contribution is 6.36. The Kier molecular flexibility index (Phi) is 1.61. The van der Waals surface area contributed by atoms with Crippen LogP contribution < -0.4 is 0 Å². The van der Waals surface area contributed by atoms with E-state index >= 15 is 0 Å². The van der Waals surface area contributed by atoms with E-state index in [4.69, 9.17) is 16.3 Å². The lowest BCUT2D eigenvalue weighted by Gasteiger charge is -2.36. The van der Waals surface area contributed by atoms with Crippen LogP contribution in [0.5, 0.6) is 0 Å². The third-order valence-electron chi connectivity index (χ3n) is 2.70. The molecule has 2 aliphatic heterocycles. The van der Waals surface area contributed by atoms with Crippen molar-refractivity contribution in [2.45, 2.75) is 30.9 Å². The average molecular weight is 187 g/mol. The number of rotatable bonds is 0. The standard InChI is InChI=1S/C9H11ClO2/c1-5-6-3-4-7(12-6)9(2,10)8(5)11/h3-7H,1-2H3/t5-,6+,7-,9+/m0/s1. The molecular formula is C9H11ClO2. The molecule has 0 saturated carbocycles. The molecule has 0 aromatic rings. The molecule has 1 saturated heterocycles. The van der Waals surface area contributed by atoms with Crippen molar-refractivity contribution < 1.29 is 9.53 Å². The van der Waals surface area contributed by atoms with E-state index in [9.17, 15) is 4.79 Å². The van der Waals surface area contributed by atoms with Crippen molar-refractivity contribution in [3.8, 4) is 0 Å². The maximum absolute atomic E-state index is 11.7. The molecule has 0 aromatic heterocycles.